The summed E-state index contributed by atoms with van der Waals surface area (Å²) in [7, 11) is 3.74. The van der Waals surface area contributed by atoms with E-state index in [1.54, 1.807) is 18.3 Å². The van der Waals surface area contributed by atoms with Crippen molar-refractivity contribution in [3.05, 3.63) is 53.9 Å². The first-order valence-electron chi connectivity index (χ1n) is 7.07. The Balaban J connectivity index is 1.89. The molecule has 112 valence electrons. The molecule has 0 bridgehead atoms. The number of anilines is 2. The van der Waals surface area contributed by atoms with Crippen LogP contribution < -0.4 is 10.2 Å². The number of amides is 1. The Morgan fingerprint density at radius 1 is 1.23 bits per heavy atom. The van der Waals surface area contributed by atoms with Crippen molar-refractivity contribution in [2.24, 2.45) is 0 Å². The van der Waals surface area contributed by atoms with Crippen LogP contribution >= 0.6 is 0 Å². The summed E-state index contributed by atoms with van der Waals surface area (Å²) in [6.07, 6.45) is 1.68. The molecule has 2 heterocycles. The molecule has 0 aliphatic rings. The predicted octanol–water partition coefficient (Wildman–Crippen LogP) is 3.19. The Labute approximate surface area is 129 Å². The number of nitrogens with one attached hydrogen (secondary N) is 2. The fourth-order valence-electron chi connectivity index (χ4n) is 2.48. The molecule has 22 heavy (non-hydrogen) atoms. The van der Waals surface area contributed by atoms with Gasteiger partial charge in [-0.3, -0.25) is 4.79 Å². The summed E-state index contributed by atoms with van der Waals surface area (Å²) in [6.45, 7) is 2.01. The maximum atomic E-state index is 12.5. The number of H-pyrrole nitrogens is 1. The van der Waals surface area contributed by atoms with E-state index in [2.05, 4.69) is 21.4 Å². The van der Waals surface area contributed by atoms with Gasteiger partial charge in [0.25, 0.3) is 5.91 Å². The molecule has 0 spiro atoms. The zero-order valence-corrected chi connectivity index (χ0v) is 12.8. The van der Waals surface area contributed by atoms with Crippen LogP contribution in [0, 0.1) is 6.92 Å². The molecule has 2 N–H and O–H groups in total. The molecule has 0 fully saturated rings. The topological polar surface area (TPSA) is 61.0 Å². The van der Waals surface area contributed by atoms with Crippen molar-refractivity contribution in [2.75, 3.05) is 24.3 Å². The van der Waals surface area contributed by atoms with Gasteiger partial charge in [-0.1, -0.05) is 0 Å². The number of nitrogens with zero attached hydrogens (tertiary/aromatic N) is 2. The molecule has 2 aromatic heterocycles. The predicted molar refractivity (Wildman–Crippen MR) is 89.6 cm³/mol. The molecule has 5 nitrogen and oxygen atoms in total. The van der Waals surface area contributed by atoms with Gasteiger partial charge in [-0.05, 0) is 43.3 Å². The molecule has 0 unspecified atom stereocenters. The van der Waals surface area contributed by atoms with Crippen LogP contribution in [0.25, 0.3) is 10.9 Å². The molecule has 1 amide bonds. The SMILES string of the molecule is Cc1cc2cc(NC(=O)c3cccnc3N(C)C)ccc2[nH]1. The summed E-state index contributed by atoms with van der Waals surface area (Å²) in [4.78, 5) is 21.8. The number of rotatable bonds is 3. The maximum absolute atomic E-state index is 12.5. The Bertz CT molecular complexity index is 836. The quantitative estimate of drug-likeness (QED) is 0.780. The first-order chi connectivity index (χ1) is 10.5. The van der Waals surface area contributed by atoms with E-state index < -0.39 is 0 Å². The Morgan fingerprint density at radius 2 is 2.05 bits per heavy atom. The average molecular weight is 294 g/mol. The lowest BCUT2D eigenvalue weighted by Crippen LogP contribution is -2.19. The van der Waals surface area contributed by atoms with E-state index in [0.717, 1.165) is 22.3 Å². The number of hydrogen-bond donors (Lipinski definition) is 2. The van der Waals surface area contributed by atoms with E-state index in [9.17, 15) is 4.79 Å². The van der Waals surface area contributed by atoms with Crippen LogP contribution in [0.1, 0.15) is 16.1 Å². The van der Waals surface area contributed by atoms with Crippen molar-refractivity contribution in [1.29, 1.82) is 0 Å². The Hall–Kier alpha value is -2.82. The minimum Gasteiger partial charge on any atom is -0.362 e. The maximum Gasteiger partial charge on any atom is 0.259 e. The van der Waals surface area contributed by atoms with Crippen LogP contribution in [-0.2, 0) is 0 Å². The standard InChI is InChI=1S/C17H18N4O/c1-11-9-12-10-13(6-7-15(12)19-11)20-17(22)14-5-4-8-18-16(14)21(2)3/h4-10,19H,1-3H3,(H,20,22). The third-order valence-corrected chi connectivity index (χ3v) is 3.47. The second kappa shape index (κ2) is 5.52. The van der Waals surface area contributed by atoms with Gasteiger partial charge >= 0.3 is 0 Å². The summed E-state index contributed by atoms with van der Waals surface area (Å²) in [5, 5.41) is 4.01. The molecule has 3 rings (SSSR count). The van der Waals surface area contributed by atoms with Crippen LogP contribution in [0.15, 0.2) is 42.6 Å². The second-order valence-electron chi connectivity index (χ2n) is 5.48. The van der Waals surface area contributed by atoms with Crippen LogP contribution in [0.2, 0.25) is 0 Å². The highest BCUT2D eigenvalue weighted by Crippen LogP contribution is 2.21. The van der Waals surface area contributed by atoms with Gasteiger partial charge in [0, 0.05) is 42.6 Å². The minimum absolute atomic E-state index is 0.164. The van der Waals surface area contributed by atoms with E-state index in [1.807, 2.05) is 44.1 Å². The fourth-order valence-corrected chi connectivity index (χ4v) is 2.48. The smallest absolute Gasteiger partial charge is 0.259 e. The molecule has 3 aromatic rings. The van der Waals surface area contributed by atoms with Crippen molar-refractivity contribution in [3.8, 4) is 0 Å². The van der Waals surface area contributed by atoms with Crippen LogP contribution in [0.4, 0.5) is 11.5 Å². The van der Waals surface area contributed by atoms with Gasteiger partial charge in [-0.2, -0.15) is 0 Å². The van der Waals surface area contributed by atoms with Crippen molar-refractivity contribution in [2.45, 2.75) is 6.92 Å². The van der Waals surface area contributed by atoms with Gasteiger partial charge in [0.15, 0.2) is 0 Å². The Morgan fingerprint density at radius 3 is 2.82 bits per heavy atom. The number of carbonyl (C=O) groups excluding carboxylic acids is 1. The van der Waals surface area contributed by atoms with Gasteiger partial charge in [-0.15, -0.1) is 0 Å². The van der Waals surface area contributed by atoms with Gasteiger partial charge in [0.2, 0.25) is 0 Å². The third-order valence-electron chi connectivity index (χ3n) is 3.47. The number of aryl methyl sites for hydroxylation is 1. The summed E-state index contributed by atoms with van der Waals surface area (Å²) < 4.78 is 0. The van der Waals surface area contributed by atoms with Gasteiger partial charge in [0.05, 0.1) is 5.56 Å². The first kappa shape index (κ1) is 14.1. The summed E-state index contributed by atoms with van der Waals surface area (Å²) in [5.41, 5.74) is 3.48. The second-order valence-corrected chi connectivity index (χ2v) is 5.48. The molecular weight excluding hydrogens is 276 g/mol. The Kier molecular flexibility index (Phi) is 3.55. The normalized spacial score (nSPS) is 10.7. The monoisotopic (exact) mass is 294 g/mol. The number of fused-ring (bicyclic) bond motifs is 1. The van der Waals surface area contributed by atoms with E-state index in [-0.39, 0.29) is 5.91 Å². The van der Waals surface area contributed by atoms with E-state index >= 15 is 0 Å². The molecule has 0 saturated carbocycles. The number of benzene rings is 1. The largest absolute Gasteiger partial charge is 0.362 e. The fraction of sp³-hybridized carbons (Fsp3) is 0.176. The molecule has 0 aliphatic heterocycles. The number of carbonyl (C=O) groups is 1. The van der Waals surface area contributed by atoms with E-state index in [0.29, 0.717) is 11.4 Å². The minimum atomic E-state index is -0.164. The molecule has 0 aliphatic carbocycles. The van der Waals surface area contributed by atoms with E-state index in [1.165, 1.54) is 0 Å². The lowest BCUT2D eigenvalue weighted by Gasteiger charge is -2.15. The van der Waals surface area contributed by atoms with Crippen molar-refractivity contribution in [1.82, 2.24) is 9.97 Å². The lowest BCUT2D eigenvalue weighted by molar-refractivity contribution is 0.102. The summed E-state index contributed by atoms with van der Waals surface area (Å²) in [5.74, 6) is 0.488. The lowest BCUT2D eigenvalue weighted by atomic mass is 10.2. The number of aromatic nitrogens is 2. The molecule has 1 aromatic carbocycles. The molecule has 0 saturated heterocycles. The van der Waals surface area contributed by atoms with Crippen molar-refractivity contribution < 1.29 is 4.79 Å². The highest BCUT2D eigenvalue weighted by atomic mass is 16.1. The zero-order chi connectivity index (χ0) is 15.7. The molecule has 0 atom stereocenters. The summed E-state index contributed by atoms with van der Waals surface area (Å²) >= 11 is 0. The van der Waals surface area contributed by atoms with Crippen LogP contribution in [0.5, 0.6) is 0 Å². The van der Waals surface area contributed by atoms with E-state index in [4.69, 9.17) is 0 Å². The molecule has 5 heteroatoms. The number of hydrogen-bond acceptors (Lipinski definition) is 3. The van der Waals surface area contributed by atoms with Gasteiger partial charge < -0.3 is 15.2 Å². The van der Waals surface area contributed by atoms with Gasteiger partial charge in [-0.25, -0.2) is 4.98 Å². The number of pyridine rings is 1. The zero-order valence-electron chi connectivity index (χ0n) is 12.8. The highest BCUT2D eigenvalue weighted by Gasteiger charge is 2.14. The molecule has 0 radical (unpaired) electrons. The van der Waals surface area contributed by atoms with Crippen LogP contribution in [0.3, 0.4) is 0 Å². The molecular formula is C17H18N4O. The first-order valence-corrected chi connectivity index (χ1v) is 7.07. The number of aromatic amines is 1. The highest BCUT2D eigenvalue weighted by molar-refractivity contribution is 6.08. The van der Waals surface area contributed by atoms with Crippen molar-refractivity contribution in [3.63, 3.8) is 0 Å². The van der Waals surface area contributed by atoms with Gasteiger partial charge in [0.1, 0.15) is 5.82 Å². The van der Waals surface area contributed by atoms with Crippen LogP contribution in [-0.4, -0.2) is 30.0 Å². The van der Waals surface area contributed by atoms with Crippen molar-refractivity contribution >= 4 is 28.3 Å². The average Bonchev–Trinajstić information content (AvgIpc) is 2.86. The summed E-state index contributed by atoms with van der Waals surface area (Å²) in [6, 6.07) is 11.4. The third kappa shape index (κ3) is 2.65.